The van der Waals surface area contributed by atoms with E-state index in [-0.39, 0.29) is 17.2 Å². The number of nitrogens with zero attached hydrogens (tertiary/aromatic N) is 1. The number of ketones is 1. The smallest absolute Gasteiger partial charge is 0.300 e. The van der Waals surface area contributed by atoms with E-state index in [0.717, 1.165) is 12.0 Å². The molecule has 190 valence electrons. The molecule has 4 rings (SSSR count). The van der Waals surface area contributed by atoms with Crippen LogP contribution in [0.15, 0.2) is 72.3 Å². The van der Waals surface area contributed by atoms with Crippen LogP contribution in [0.25, 0.3) is 5.76 Å². The van der Waals surface area contributed by atoms with Gasteiger partial charge in [-0.2, -0.15) is 0 Å². The minimum atomic E-state index is -0.898. The normalized spacial score (nSPS) is 16.6. The molecular weight excluding hydrogens is 492 g/mol. The lowest BCUT2D eigenvalue weighted by molar-refractivity contribution is -0.132. The number of amides is 2. The van der Waals surface area contributed by atoms with E-state index >= 15 is 0 Å². The molecule has 37 heavy (non-hydrogen) atoms. The maximum atomic E-state index is 13.4. The van der Waals surface area contributed by atoms with Gasteiger partial charge in [-0.15, -0.1) is 0 Å². The lowest BCUT2D eigenvalue weighted by atomic mass is 9.94. The van der Waals surface area contributed by atoms with Gasteiger partial charge in [-0.1, -0.05) is 48.9 Å². The summed E-state index contributed by atoms with van der Waals surface area (Å²) < 4.78 is 5.55. The summed E-state index contributed by atoms with van der Waals surface area (Å²) in [6.07, 6.45) is 0.824. The number of Topliss-reactive ketones (excluding diaryl/α,β-unsaturated/α-hetero) is 1. The van der Waals surface area contributed by atoms with Crippen molar-refractivity contribution in [2.24, 2.45) is 0 Å². The minimum absolute atomic E-state index is 0.0519. The number of nitrogens with one attached hydrogen (secondary N) is 1. The van der Waals surface area contributed by atoms with E-state index in [1.54, 1.807) is 42.5 Å². The molecule has 1 unspecified atom stereocenters. The van der Waals surface area contributed by atoms with Crippen molar-refractivity contribution in [3.8, 4) is 5.75 Å². The van der Waals surface area contributed by atoms with Crippen molar-refractivity contribution < 1.29 is 24.2 Å². The van der Waals surface area contributed by atoms with Gasteiger partial charge in [0.15, 0.2) is 0 Å². The molecule has 3 aromatic carbocycles. The molecule has 0 aliphatic carbocycles. The fourth-order valence-electron chi connectivity index (χ4n) is 4.36. The summed E-state index contributed by atoms with van der Waals surface area (Å²) in [6, 6.07) is 18.0. The number of benzene rings is 3. The minimum Gasteiger partial charge on any atom is -0.507 e. The van der Waals surface area contributed by atoms with E-state index in [1.807, 2.05) is 38.1 Å². The largest absolute Gasteiger partial charge is 0.507 e. The van der Waals surface area contributed by atoms with E-state index in [9.17, 15) is 19.5 Å². The molecule has 0 radical (unpaired) electrons. The summed E-state index contributed by atoms with van der Waals surface area (Å²) in [5, 5.41) is 14.4. The van der Waals surface area contributed by atoms with Crippen LogP contribution < -0.4 is 15.0 Å². The number of anilines is 2. The third kappa shape index (κ3) is 5.22. The van der Waals surface area contributed by atoms with Gasteiger partial charge in [0.25, 0.3) is 11.7 Å². The second kappa shape index (κ2) is 10.9. The van der Waals surface area contributed by atoms with E-state index in [4.69, 9.17) is 16.3 Å². The SMILES string of the molecule is CCOc1cc(/C(O)=C2\C(=O)C(=O)N(c3cccc(NC(C)=O)c3)C2c2ccc(CC)cc2)ccc1Cl. The van der Waals surface area contributed by atoms with Crippen molar-refractivity contribution in [3.63, 3.8) is 0 Å². The molecule has 8 heteroatoms. The van der Waals surface area contributed by atoms with Crippen LogP contribution in [0.2, 0.25) is 5.02 Å². The summed E-state index contributed by atoms with van der Waals surface area (Å²) in [4.78, 5) is 39.8. The highest BCUT2D eigenvalue weighted by molar-refractivity contribution is 6.51. The van der Waals surface area contributed by atoms with Crippen LogP contribution in [-0.4, -0.2) is 29.3 Å². The Kier molecular flexibility index (Phi) is 7.64. The third-order valence-electron chi connectivity index (χ3n) is 6.10. The summed E-state index contributed by atoms with van der Waals surface area (Å²) in [6.45, 7) is 5.59. The second-order valence-corrected chi connectivity index (χ2v) is 8.98. The summed E-state index contributed by atoms with van der Waals surface area (Å²) in [5.41, 5.74) is 2.88. The molecule has 0 spiro atoms. The third-order valence-corrected chi connectivity index (χ3v) is 6.41. The van der Waals surface area contributed by atoms with Crippen LogP contribution in [0.5, 0.6) is 5.75 Å². The fourth-order valence-corrected chi connectivity index (χ4v) is 4.53. The lowest BCUT2D eigenvalue weighted by Gasteiger charge is -2.26. The molecule has 0 aromatic heterocycles. The second-order valence-electron chi connectivity index (χ2n) is 8.57. The zero-order chi connectivity index (χ0) is 26.7. The molecule has 0 bridgehead atoms. The van der Waals surface area contributed by atoms with E-state index < -0.39 is 17.7 Å². The Labute approximate surface area is 220 Å². The Morgan fingerprint density at radius 1 is 1.05 bits per heavy atom. The zero-order valence-electron chi connectivity index (χ0n) is 20.7. The number of hydrogen-bond acceptors (Lipinski definition) is 5. The molecule has 1 fully saturated rings. The van der Waals surface area contributed by atoms with E-state index in [0.29, 0.717) is 39.9 Å². The summed E-state index contributed by atoms with van der Waals surface area (Å²) in [7, 11) is 0. The van der Waals surface area contributed by atoms with Crippen LogP contribution in [-0.2, 0) is 20.8 Å². The first-order chi connectivity index (χ1) is 17.7. The van der Waals surface area contributed by atoms with E-state index in [2.05, 4.69) is 5.32 Å². The van der Waals surface area contributed by atoms with Gasteiger partial charge >= 0.3 is 0 Å². The average Bonchev–Trinajstić information content (AvgIpc) is 3.15. The van der Waals surface area contributed by atoms with Crippen LogP contribution in [0.4, 0.5) is 11.4 Å². The molecule has 1 aliphatic heterocycles. The molecule has 2 amide bonds. The average molecular weight is 519 g/mol. The molecule has 1 atom stereocenters. The van der Waals surface area contributed by atoms with Gasteiger partial charge in [0.1, 0.15) is 11.5 Å². The Balaban J connectivity index is 1.91. The fraction of sp³-hybridized carbons (Fsp3) is 0.207. The highest BCUT2D eigenvalue weighted by atomic mass is 35.5. The van der Waals surface area contributed by atoms with Gasteiger partial charge in [-0.05, 0) is 60.9 Å². The molecule has 1 aliphatic rings. The number of hydrogen-bond donors (Lipinski definition) is 2. The summed E-state index contributed by atoms with van der Waals surface area (Å²) in [5.74, 6) is -1.85. The Morgan fingerprint density at radius 3 is 2.43 bits per heavy atom. The van der Waals surface area contributed by atoms with Gasteiger partial charge in [0.05, 0.1) is 23.2 Å². The van der Waals surface area contributed by atoms with Gasteiger partial charge < -0.3 is 15.2 Å². The van der Waals surface area contributed by atoms with Crippen LogP contribution in [0.1, 0.15) is 43.5 Å². The molecule has 1 saturated heterocycles. The van der Waals surface area contributed by atoms with Crippen molar-refractivity contribution in [2.45, 2.75) is 33.2 Å². The highest BCUT2D eigenvalue weighted by Crippen LogP contribution is 2.43. The number of rotatable bonds is 7. The number of aryl methyl sites for hydroxylation is 1. The molecule has 2 N–H and O–H groups in total. The summed E-state index contributed by atoms with van der Waals surface area (Å²) >= 11 is 6.22. The van der Waals surface area contributed by atoms with Crippen molar-refractivity contribution in [1.82, 2.24) is 0 Å². The van der Waals surface area contributed by atoms with Gasteiger partial charge in [-0.3, -0.25) is 19.3 Å². The predicted octanol–water partition coefficient (Wildman–Crippen LogP) is 5.89. The molecule has 1 heterocycles. The number of ether oxygens (including phenoxy) is 1. The number of carbonyl (C=O) groups excluding carboxylic acids is 3. The topological polar surface area (TPSA) is 95.9 Å². The van der Waals surface area contributed by atoms with Crippen LogP contribution in [0.3, 0.4) is 0 Å². The van der Waals surface area contributed by atoms with Crippen molar-refractivity contribution >= 4 is 46.3 Å². The number of carbonyl (C=O) groups is 3. The quantitative estimate of drug-likeness (QED) is 0.231. The first-order valence-electron chi connectivity index (χ1n) is 11.9. The van der Waals surface area contributed by atoms with Crippen molar-refractivity contribution in [2.75, 3.05) is 16.8 Å². The highest BCUT2D eigenvalue weighted by Gasteiger charge is 2.47. The van der Waals surface area contributed by atoms with Crippen molar-refractivity contribution in [1.29, 1.82) is 0 Å². The Hall–Kier alpha value is -4.10. The zero-order valence-corrected chi connectivity index (χ0v) is 21.5. The number of aliphatic hydroxyl groups excluding tert-OH is 1. The van der Waals surface area contributed by atoms with Crippen molar-refractivity contribution in [3.05, 3.63) is 94.0 Å². The standard InChI is InChI=1S/C29H27ClN2O5/c1-4-18-9-11-19(12-10-18)26-25(27(34)20-13-14-23(30)24(15-20)37-5-2)28(35)29(36)32(26)22-8-6-7-21(16-22)31-17(3)33/h6-16,26,34H,4-5H2,1-3H3,(H,31,33)/b27-25+. The Bertz CT molecular complexity index is 1400. The molecular formula is C29H27ClN2O5. The maximum Gasteiger partial charge on any atom is 0.300 e. The van der Waals surface area contributed by atoms with Crippen LogP contribution >= 0.6 is 11.6 Å². The van der Waals surface area contributed by atoms with Crippen LogP contribution in [0, 0.1) is 0 Å². The number of halogens is 1. The first-order valence-corrected chi connectivity index (χ1v) is 12.3. The predicted molar refractivity (Wildman–Crippen MR) is 144 cm³/mol. The molecule has 7 nitrogen and oxygen atoms in total. The van der Waals surface area contributed by atoms with Gasteiger partial charge in [0.2, 0.25) is 5.91 Å². The molecule has 3 aromatic rings. The maximum absolute atomic E-state index is 13.4. The Morgan fingerprint density at radius 2 is 1.78 bits per heavy atom. The van der Waals surface area contributed by atoms with Gasteiger partial charge in [0, 0.05) is 23.9 Å². The van der Waals surface area contributed by atoms with Gasteiger partial charge in [-0.25, -0.2) is 0 Å². The number of aliphatic hydroxyl groups is 1. The monoisotopic (exact) mass is 518 g/mol. The van der Waals surface area contributed by atoms with E-state index in [1.165, 1.54) is 11.8 Å². The molecule has 0 saturated carbocycles. The first kappa shape index (κ1) is 26.0. The lowest BCUT2D eigenvalue weighted by Crippen LogP contribution is -2.29.